The summed E-state index contributed by atoms with van der Waals surface area (Å²) in [6.45, 7) is 3.13. The Kier molecular flexibility index (Phi) is 6.91. The van der Waals surface area contributed by atoms with Crippen LogP contribution in [0.1, 0.15) is 12.7 Å². The largest absolute Gasteiger partial charge is 0.458 e. The second kappa shape index (κ2) is 9.16. The first-order chi connectivity index (χ1) is 11.6. The molecule has 130 valence electrons. The molecule has 0 bridgehead atoms. The van der Waals surface area contributed by atoms with Crippen LogP contribution < -0.4 is 16.0 Å². The lowest BCUT2D eigenvalue weighted by Gasteiger charge is -2.03. The van der Waals surface area contributed by atoms with Gasteiger partial charge in [-0.05, 0) is 12.1 Å². The topological polar surface area (TPSA) is 105 Å². The number of hydrogen-bond acceptors (Lipinski definition) is 7. The summed E-state index contributed by atoms with van der Waals surface area (Å²) in [6.07, 6.45) is 0. The van der Waals surface area contributed by atoms with Gasteiger partial charge in [-0.2, -0.15) is 0 Å². The van der Waals surface area contributed by atoms with E-state index in [-0.39, 0.29) is 18.4 Å². The van der Waals surface area contributed by atoms with Gasteiger partial charge >= 0.3 is 0 Å². The van der Waals surface area contributed by atoms with Gasteiger partial charge in [0.05, 0.1) is 19.7 Å². The van der Waals surface area contributed by atoms with Gasteiger partial charge in [0.2, 0.25) is 11.8 Å². The van der Waals surface area contributed by atoms with Crippen LogP contribution in [0, 0.1) is 0 Å². The van der Waals surface area contributed by atoms with E-state index < -0.39 is 0 Å². The standard InChI is InChI=1S/C15H20N4O4S/c1-10(20)17-7-11-3-4-13(23-11)12-9-24-15(18-12)19-14(21)8-16-5-6-22-2/h3-4,9,16H,5-8H2,1-2H3,(H,17,20)(H,18,19,21). The highest BCUT2D eigenvalue weighted by Gasteiger charge is 2.11. The van der Waals surface area contributed by atoms with Crippen molar-refractivity contribution in [3.8, 4) is 11.5 Å². The highest BCUT2D eigenvalue weighted by Crippen LogP contribution is 2.26. The van der Waals surface area contributed by atoms with Crippen LogP contribution in [-0.4, -0.2) is 43.6 Å². The van der Waals surface area contributed by atoms with Crippen molar-refractivity contribution in [3.63, 3.8) is 0 Å². The van der Waals surface area contributed by atoms with Crippen LogP contribution >= 0.6 is 11.3 Å². The van der Waals surface area contributed by atoms with E-state index in [1.165, 1.54) is 18.3 Å². The van der Waals surface area contributed by atoms with E-state index >= 15 is 0 Å². The van der Waals surface area contributed by atoms with Crippen LogP contribution in [0.5, 0.6) is 0 Å². The predicted octanol–water partition coefficient (Wildman–Crippen LogP) is 1.21. The minimum atomic E-state index is -0.169. The zero-order valence-electron chi connectivity index (χ0n) is 13.5. The van der Waals surface area contributed by atoms with E-state index in [1.807, 2.05) is 0 Å². The Labute approximate surface area is 143 Å². The molecule has 24 heavy (non-hydrogen) atoms. The minimum absolute atomic E-state index is 0.120. The monoisotopic (exact) mass is 352 g/mol. The molecular formula is C15H20N4O4S. The molecule has 0 fully saturated rings. The first-order valence-electron chi connectivity index (χ1n) is 7.37. The smallest absolute Gasteiger partial charge is 0.240 e. The summed E-state index contributed by atoms with van der Waals surface area (Å²) in [5.41, 5.74) is 0.636. The molecule has 9 heteroatoms. The lowest BCUT2D eigenvalue weighted by atomic mass is 10.3. The molecule has 0 aromatic carbocycles. The molecule has 0 atom stereocenters. The Balaban J connectivity index is 1.86. The quantitative estimate of drug-likeness (QED) is 0.586. The third-order valence-electron chi connectivity index (χ3n) is 2.94. The molecule has 2 aromatic heterocycles. The van der Waals surface area contributed by atoms with Crippen molar-refractivity contribution in [2.75, 3.05) is 32.1 Å². The molecule has 0 saturated heterocycles. The minimum Gasteiger partial charge on any atom is -0.458 e. The number of furan rings is 1. The van der Waals surface area contributed by atoms with E-state index in [9.17, 15) is 9.59 Å². The first kappa shape index (κ1) is 18.1. The average molecular weight is 352 g/mol. The number of thiazole rings is 1. The van der Waals surface area contributed by atoms with Crippen molar-refractivity contribution >= 4 is 28.3 Å². The van der Waals surface area contributed by atoms with Gasteiger partial charge in [-0.3, -0.25) is 9.59 Å². The number of anilines is 1. The zero-order chi connectivity index (χ0) is 17.4. The Morgan fingerprint density at radius 1 is 1.38 bits per heavy atom. The summed E-state index contributed by atoms with van der Waals surface area (Å²) in [7, 11) is 1.61. The van der Waals surface area contributed by atoms with Crippen LogP contribution in [0.25, 0.3) is 11.5 Å². The Bertz CT molecular complexity index is 683. The highest BCUT2D eigenvalue weighted by molar-refractivity contribution is 7.14. The normalized spacial score (nSPS) is 10.6. The van der Waals surface area contributed by atoms with Gasteiger partial charge in [0, 0.05) is 26.0 Å². The highest BCUT2D eigenvalue weighted by atomic mass is 32.1. The van der Waals surface area contributed by atoms with Crippen molar-refractivity contribution in [2.24, 2.45) is 0 Å². The number of carbonyl (C=O) groups excluding carboxylic acids is 2. The number of nitrogens with one attached hydrogen (secondary N) is 3. The molecule has 0 unspecified atom stereocenters. The second-order valence-corrected chi connectivity index (χ2v) is 5.79. The molecule has 2 rings (SSSR count). The summed E-state index contributed by atoms with van der Waals surface area (Å²) in [6, 6.07) is 3.56. The van der Waals surface area contributed by atoms with Gasteiger partial charge < -0.3 is 25.1 Å². The Morgan fingerprint density at radius 3 is 2.96 bits per heavy atom. The maximum absolute atomic E-state index is 11.8. The zero-order valence-corrected chi connectivity index (χ0v) is 14.4. The van der Waals surface area contributed by atoms with Crippen LogP contribution in [0.15, 0.2) is 21.9 Å². The lowest BCUT2D eigenvalue weighted by Crippen LogP contribution is -2.30. The molecule has 8 nitrogen and oxygen atoms in total. The van der Waals surface area contributed by atoms with Crippen LogP contribution in [0.3, 0.4) is 0 Å². The van der Waals surface area contributed by atoms with Crippen LogP contribution in [0.4, 0.5) is 5.13 Å². The second-order valence-electron chi connectivity index (χ2n) is 4.93. The van der Waals surface area contributed by atoms with Crippen LogP contribution in [0.2, 0.25) is 0 Å². The van der Waals surface area contributed by atoms with E-state index in [0.29, 0.717) is 42.0 Å². The fraction of sp³-hybridized carbons (Fsp3) is 0.400. The van der Waals surface area contributed by atoms with Gasteiger partial charge in [0.25, 0.3) is 0 Å². The van der Waals surface area contributed by atoms with Crippen molar-refractivity contribution < 1.29 is 18.7 Å². The summed E-state index contributed by atoms with van der Waals surface area (Å²) in [5.74, 6) is 0.940. The lowest BCUT2D eigenvalue weighted by molar-refractivity contribution is -0.119. The Hall–Kier alpha value is -2.23. The molecule has 0 spiro atoms. The van der Waals surface area contributed by atoms with Gasteiger partial charge in [-0.1, -0.05) is 0 Å². The fourth-order valence-electron chi connectivity index (χ4n) is 1.81. The molecule has 2 aromatic rings. The molecule has 0 aliphatic heterocycles. The van der Waals surface area contributed by atoms with Gasteiger partial charge in [-0.25, -0.2) is 4.98 Å². The number of amides is 2. The molecule has 3 N–H and O–H groups in total. The van der Waals surface area contributed by atoms with Crippen molar-refractivity contribution in [1.29, 1.82) is 0 Å². The van der Waals surface area contributed by atoms with Crippen molar-refractivity contribution in [2.45, 2.75) is 13.5 Å². The third kappa shape index (κ3) is 5.76. The molecule has 0 aliphatic carbocycles. The maximum Gasteiger partial charge on any atom is 0.240 e. The number of nitrogens with zero attached hydrogens (tertiary/aromatic N) is 1. The van der Waals surface area contributed by atoms with E-state index in [1.54, 1.807) is 24.6 Å². The summed E-state index contributed by atoms with van der Waals surface area (Å²) < 4.78 is 10.5. The molecule has 2 amide bonds. The average Bonchev–Trinajstić information content (AvgIpc) is 3.18. The van der Waals surface area contributed by atoms with Crippen molar-refractivity contribution in [3.05, 3.63) is 23.3 Å². The maximum atomic E-state index is 11.8. The number of ether oxygens (including phenoxy) is 1. The van der Waals surface area contributed by atoms with Crippen LogP contribution in [-0.2, 0) is 20.9 Å². The first-order valence-corrected chi connectivity index (χ1v) is 8.25. The predicted molar refractivity (Wildman–Crippen MR) is 90.7 cm³/mol. The van der Waals surface area contributed by atoms with Crippen molar-refractivity contribution in [1.82, 2.24) is 15.6 Å². The van der Waals surface area contributed by atoms with Gasteiger partial charge in [0.1, 0.15) is 11.5 Å². The fourth-order valence-corrected chi connectivity index (χ4v) is 2.52. The number of methoxy groups -OCH3 is 1. The summed E-state index contributed by atoms with van der Waals surface area (Å²) >= 11 is 1.32. The summed E-state index contributed by atoms with van der Waals surface area (Å²) in [5, 5.41) is 10.6. The number of hydrogen-bond donors (Lipinski definition) is 3. The SMILES string of the molecule is COCCNCC(=O)Nc1nc(-c2ccc(CNC(C)=O)o2)cs1. The molecular weight excluding hydrogens is 332 g/mol. The number of rotatable bonds is 9. The molecule has 2 heterocycles. The van der Waals surface area contributed by atoms with E-state index in [0.717, 1.165) is 0 Å². The number of carbonyl (C=O) groups is 2. The third-order valence-corrected chi connectivity index (χ3v) is 3.70. The summed E-state index contributed by atoms with van der Waals surface area (Å²) in [4.78, 5) is 27.0. The van der Waals surface area contributed by atoms with Gasteiger partial charge in [-0.15, -0.1) is 11.3 Å². The Morgan fingerprint density at radius 2 is 2.21 bits per heavy atom. The molecule has 0 aliphatic rings. The van der Waals surface area contributed by atoms with Gasteiger partial charge in [0.15, 0.2) is 10.9 Å². The number of aromatic nitrogens is 1. The molecule has 0 saturated carbocycles. The molecule has 0 radical (unpaired) electrons. The van der Waals surface area contributed by atoms with E-state index in [2.05, 4.69) is 20.9 Å². The van der Waals surface area contributed by atoms with E-state index in [4.69, 9.17) is 9.15 Å².